The van der Waals surface area contributed by atoms with Crippen LogP contribution in [-0.4, -0.2) is 35.2 Å². The second-order valence-electron chi connectivity index (χ2n) is 4.28. The van der Waals surface area contributed by atoms with Crippen molar-refractivity contribution in [1.82, 2.24) is 9.97 Å². The Morgan fingerprint density at radius 1 is 1.14 bits per heavy atom. The summed E-state index contributed by atoms with van der Waals surface area (Å²) in [6, 6.07) is 0. The second kappa shape index (κ2) is 6.86. The highest BCUT2D eigenvalue weighted by molar-refractivity contribution is 5.48. The Hall–Kier alpha value is -1.67. The molecule has 1 N–H and O–H groups in total. The Labute approximate surface area is 118 Å². The van der Waals surface area contributed by atoms with Crippen LogP contribution in [0.1, 0.15) is 25.8 Å². The predicted molar refractivity (Wildman–Crippen MR) is 66.7 cm³/mol. The number of nitrogens with zero attached hydrogens (tertiary/aromatic N) is 2. The summed E-state index contributed by atoms with van der Waals surface area (Å²) in [5.41, 5.74) is 0.365. The molecule has 0 aliphatic heterocycles. The van der Waals surface area contributed by atoms with E-state index < -0.39 is 18.7 Å². The Morgan fingerprint density at radius 3 is 2.33 bits per heavy atom. The molecule has 0 atom stereocenters. The zero-order valence-electron chi connectivity index (χ0n) is 11.6. The Morgan fingerprint density at radius 2 is 1.81 bits per heavy atom. The minimum atomic E-state index is -5.66. The van der Waals surface area contributed by atoms with Crippen LogP contribution in [0.3, 0.4) is 0 Å². The monoisotopic (exact) mass is 313 g/mol. The number of halogens is 5. The van der Waals surface area contributed by atoms with E-state index in [0.29, 0.717) is 24.3 Å². The zero-order valence-corrected chi connectivity index (χ0v) is 11.6. The molecule has 0 aromatic carbocycles. The third-order valence-electron chi connectivity index (χ3n) is 2.61. The van der Waals surface area contributed by atoms with Gasteiger partial charge in [-0.25, -0.2) is 9.97 Å². The molecule has 0 saturated heterocycles. The quantitative estimate of drug-likeness (QED) is 0.783. The average molecular weight is 313 g/mol. The summed E-state index contributed by atoms with van der Waals surface area (Å²) >= 11 is 0. The summed E-state index contributed by atoms with van der Waals surface area (Å²) in [4.78, 5) is 7.56. The van der Waals surface area contributed by atoms with E-state index in [-0.39, 0.29) is 5.88 Å². The molecule has 0 saturated carbocycles. The van der Waals surface area contributed by atoms with Crippen LogP contribution in [0, 0.1) is 0 Å². The van der Waals surface area contributed by atoms with Crippen molar-refractivity contribution in [3.8, 4) is 5.88 Å². The standard InChI is InChI=1S/C12H16F5N3O/c1-3-5-18-9-8(4-2)10(20-7-19-9)21-6-11(13,14)12(15,16)17/h7H,3-6H2,1-2H3,(H,18,19,20). The first-order valence-electron chi connectivity index (χ1n) is 6.38. The number of alkyl halides is 5. The minimum absolute atomic E-state index is 0.268. The van der Waals surface area contributed by atoms with Crippen LogP contribution in [0.2, 0.25) is 0 Å². The van der Waals surface area contributed by atoms with E-state index in [0.717, 1.165) is 12.7 Å². The molecule has 1 aromatic rings. The number of anilines is 1. The van der Waals surface area contributed by atoms with Crippen LogP contribution in [0.5, 0.6) is 5.88 Å². The second-order valence-corrected chi connectivity index (χ2v) is 4.28. The van der Waals surface area contributed by atoms with Crippen molar-refractivity contribution in [2.45, 2.75) is 38.8 Å². The molecule has 9 heteroatoms. The van der Waals surface area contributed by atoms with Crippen molar-refractivity contribution in [2.24, 2.45) is 0 Å². The molecule has 4 nitrogen and oxygen atoms in total. The molecule has 21 heavy (non-hydrogen) atoms. The smallest absolute Gasteiger partial charge is 0.456 e. The predicted octanol–water partition coefficient (Wildman–Crippen LogP) is 3.44. The highest BCUT2D eigenvalue weighted by Gasteiger charge is 2.58. The lowest BCUT2D eigenvalue weighted by Gasteiger charge is -2.20. The van der Waals surface area contributed by atoms with Crippen LogP contribution in [0.15, 0.2) is 6.33 Å². The van der Waals surface area contributed by atoms with Crippen molar-refractivity contribution >= 4 is 5.82 Å². The number of nitrogens with one attached hydrogen (secondary N) is 1. The van der Waals surface area contributed by atoms with Crippen LogP contribution in [0.25, 0.3) is 0 Å². The third-order valence-corrected chi connectivity index (χ3v) is 2.61. The molecule has 0 aliphatic carbocycles. The molecule has 1 rings (SSSR count). The van der Waals surface area contributed by atoms with Crippen molar-refractivity contribution in [1.29, 1.82) is 0 Å². The van der Waals surface area contributed by atoms with E-state index in [1.807, 2.05) is 6.92 Å². The van der Waals surface area contributed by atoms with E-state index in [1.54, 1.807) is 6.92 Å². The number of aromatic nitrogens is 2. The molecule has 1 aromatic heterocycles. The molecule has 0 radical (unpaired) electrons. The van der Waals surface area contributed by atoms with Crippen LogP contribution in [-0.2, 0) is 6.42 Å². The molecular weight excluding hydrogens is 297 g/mol. The normalized spacial score (nSPS) is 12.3. The van der Waals surface area contributed by atoms with Crippen LogP contribution >= 0.6 is 0 Å². The first-order chi connectivity index (χ1) is 9.73. The molecule has 0 aliphatic rings. The summed E-state index contributed by atoms with van der Waals surface area (Å²) < 4.78 is 66.5. The fourth-order valence-electron chi connectivity index (χ4n) is 1.48. The molecule has 0 fully saturated rings. The fraction of sp³-hybridized carbons (Fsp3) is 0.667. The first kappa shape index (κ1) is 17.4. The lowest BCUT2D eigenvalue weighted by molar-refractivity contribution is -0.290. The van der Waals surface area contributed by atoms with Gasteiger partial charge in [-0.05, 0) is 12.8 Å². The van der Waals surface area contributed by atoms with Gasteiger partial charge in [0, 0.05) is 6.54 Å². The Balaban J connectivity index is 2.89. The molecule has 0 bridgehead atoms. The molecular formula is C12H16F5N3O. The van der Waals surface area contributed by atoms with E-state index >= 15 is 0 Å². The minimum Gasteiger partial charge on any atom is -0.471 e. The SMILES string of the molecule is CCCNc1ncnc(OCC(F)(F)C(F)(F)F)c1CC. The van der Waals surface area contributed by atoms with Gasteiger partial charge in [-0.1, -0.05) is 13.8 Å². The van der Waals surface area contributed by atoms with Gasteiger partial charge in [-0.3, -0.25) is 0 Å². The number of hydrogen-bond acceptors (Lipinski definition) is 4. The van der Waals surface area contributed by atoms with Crippen LogP contribution in [0.4, 0.5) is 27.8 Å². The fourth-order valence-corrected chi connectivity index (χ4v) is 1.48. The molecule has 0 unspecified atom stereocenters. The van der Waals surface area contributed by atoms with E-state index in [1.165, 1.54) is 0 Å². The van der Waals surface area contributed by atoms with Gasteiger partial charge in [-0.15, -0.1) is 0 Å². The van der Waals surface area contributed by atoms with Crippen molar-refractivity contribution in [2.75, 3.05) is 18.5 Å². The summed E-state index contributed by atoms with van der Waals surface area (Å²) in [5, 5.41) is 2.94. The summed E-state index contributed by atoms with van der Waals surface area (Å²) in [6.45, 7) is 2.39. The lowest BCUT2D eigenvalue weighted by atomic mass is 10.2. The molecule has 0 spiro atoms. The van der Waals surface area contributed by atoms with Crippen LogP contribution < -0.4 is 10.1 Å². The van der Waals surface area contributed by atoms with E-state index in [4.69, 9.17) is 0 Å². The highest BCUT2D eigenvalue weighted by atomic mass is 19.4. The number of ether oxygens (including phenoxy) is 1. The first-order valence-corrected chi connectivity index (χ1v) is 6.38. The third kappa shape index (κ3) is 4.40. The maximum atomic E-state index is 12.8. The van der Waals surface area contributed by atoms with Gasteiger partial charge in [0.2, 0.25) is 5.88 Å². The Bertz CT molecular complexity index is 465. The topological polar surface area (TPSA) is 47.0 Å². The van der Waals surface area contributed by atoms with Gasteiger partial charge < -0.3 is 10.1 Å². The number of rotatable bonds is 7. The van der Waals surface area contributed by atoms with Gasteiger partial charge in [-0.2, -0.15) is 22.0 Å². The van der Waals surface area contributed by atoms with Gasteiger partial charge in [0.25, 0.3) is 0 Å². The van der Waals surface area contributed by atoms with Gasteiger partial charge in [0.15, 0.2) is 6.61 Å². The summed E-state index contributed by atoms with van der Waals surface area (Å²) in [7, 11) is 0. The lowest BCUT2D eigenvalue weighted by Crippen LogP contribution is -2.42. The van der Waals surface area contributed by atoms with Gasteiger partial charge in [0.1, 0.15) is 12.1 Å². The van der Waals surface area contributed by atoms with Crippen molar-refractivity contribution in [3.05, 3.63) is 11.9 Å². The maximum Gasteiger partial charge on any atom is 0.456 e. The molecule has 1 heterocycles. The summed E-state index contributed by atoms with van der Waals surface area (Å²) in [5.74, 6) is -4.82. The zero-order chi connectivity index (χ0) is 16.1. The van der Waals surface area contributed by atoms with E-state index in [2.05, 4.69) is 20.0 Å². The Kier molecular flexibility index (Phi) is 5.68. The average Bonchev–Trinajstić information content (AvgIpc) is 2.41. The van der Waals surface area contributed by atoms with Crippen molar-refractivity contribution in [3.63, 3.8) is 0 Å². The largest absolute Gasteiger partial charge is 0.471 e. The molecule has 120 valence electrons. The molecule has 0 amide bonds. The van der Waals surface area contributed by atoms with Gasteiger partial charge in [0.05, 0.1) is 5.56 Å². The summed E-state index contributed by atoms with van der Waals surface area (Å²) in [6.07, 6.45) is -3.47. The number of hydrogen-bond donors (Lipinski definition) is 1. The highest BCUT2D eigenvalue weighted by Crippen LogP contribution is 2.36. The van der Waals surface area contributed by atoms with Crippen molar-refractivity contribution < 1.29 is 26.7 Å². The van der Waals surface area contributed by atoms with Gasteiger partial charge >= 0.3 is 12.1 Å². The van der Waals surface area contributed by atoms with E-state index in [9.17, 15) is 22.0 Å². The maximum absolute atomic E-state index is 12.8.